The van der Waals surface area contributed by atoms with Crippen LogP contribution in [0.2, 0.25) is 0 Å². The number of allylic oxidation sites excluding steroid dienone is 1. The number of carbonyl (C=O) groups excluding carboxylic acids is 1. The number of aromatic hydroxyl groups is 1. The Morgan fingerprint density at radius 1 is 1.04 bits per heavy atom. The number of ketones is 1. The Bertz CT molecular complexity index is 783. The fraction of sp³-hybridized carbons (Fsp3) is 0.167. The molecule has 24 heavy (non-hydrogen) atoms. The zero-order valence-corrected chi connectivity index (χ0v) is 15.1. The summed E-state index contributed by atoms with van der Waals surface area (Å²) < 4.78 is 16.6. The lowest BCUT2D eigenvalue weighted by atomic mass is 10.1. The van der Waals surface area contributed by atoms with Gasteiger partial charge in [0.1, 0.15) is 5.75 Å². The Balaban J connectivity index is 2.39. The third-order valence-electron chi connectivity index (χ3n) is 3.37. The largest absolute Gasteiger partial charge is 0.507 e. The predicted molar refractivity (Wildman–Crippen MR) is 95.3 cm³/mol. The molecule has 0 unspecified atom stereocenters. The van der Waals surface area contributed by atoms with Gasteiger partial charge in [0, 0.05) is 10.0 Å². The summed E-state index contributed by atoms with van der Waals surface area (Å²) in [6, 6.07) is 8.22. The van der Waals surface area contributed by atoms with Crippen LogP contribution in [0, 0.1) is 0 Å². The summed E-state index contributed by atoms with van der Waals surface area (Å²) >= 11 is 3.33. The second kappa shape index (κ2) is 7.88. The van der Waals surface area contributed by atoms with E-state index in [4.69, 9.17) is 14.2 Å². The summed E-state index contributed by atoms with van der Waals surface area (Å²) in [4.78, 5) is 12.5. The van der Waals surface area contributed by atoms with Crippen molar-refractivity contribution in [3.8, 4) is 23.0 Å². The number of ether oxygens (including phenoxy) is 3. The molecule has 0 aromatic heterocycles. The van der Waals surface area contributed by atoms with Crippen LogP contribution >= 0.6 is 15.9 Å². The van der Waals surface area contributed by atoms with E-state index in [-0.39, 0.29) is 11.5 Å². The maximum absolute atomic E-state index is 12.5. The number of halogens is 1. The van der Waals surface area contributed by atoms with E-state index in [0.717, 1.165) is 4.47 Å². The average Bonchev–Trinajstić information content (AvgIpc) is 2.60. The molecule has 0 aliphatic rings. The van der Waals surface area contributed by atoms with Crippen molar-refractivity contribution in [1.82, 2.24) is 0 Å². The SMILES string of the molecule is COc1ccc(C(=O)/C=C/c2cc(Br)ccc2O)c(OC)c1OC. The van der Waals surface area contributed by atoms with E-state index in [1.54, 1.807) is 36.4 Å². The number of phenolic OH excluding ortho intramolecular Hbond substituents is 1. The van der Waals surface area contributed by atoms with Crippen LogP contribution in [0.25, 0.3) is 6.08 Å². The van der Waals surface area contributed by atoms with Crippen LogP contribution in [0.15, 0.2) is 40.9 Å². The fourth-order valence-corrected chi connectivity index (χ4v) is 2.59. The molecule has 0 bridgehead atoms. The summed E-state index contributed by atoms with van der Waals surface area (Å²) in [6.45, 7) is 0. The summed E-state index contributed by atoms with van der Waals surface area (Å²) in [5.41, 5.74) is 0.859. The van der Waals surface area contributed by atoms with E-state index < -0.39 is 0 Å². The van der Waals surface area contributed by atoms with Gasteiger partial charge in [-0.3, -0.25) is 4.79 Å². The van der Waals surface area contributed by atoms with Crippen molar-refractivity contribution in [2.75, 3.05) is 21.3 Å². The first kappa shape index (κ1) is 17.9. The minimum atomic E-state index is -0.285. The molecule has 2 rings (SSSR count). The number of methoxy groups -OCH3 is 3. The summed E-state index contributed by atoms with van der Waals surface area (Å²) in [6.07, 6.45) is 2.91. The molecule has 2 aromatic rings. The Morgan fingerprint density at radius 2 is 1.75 bits per heavy atom. The smallest absolute Gasteiger partial charge is 0.204 e. The Kier molecular flexibility index (Phi) is 5.87. The third-order valence-corrected chi connectivity index (χ3v) is 3.87. The molecule has 6 heteroatoms. The topological polar surface area (TPSA) is 65.0 Å². The molecular weight excluding hydrogens is 376 g/mol. The van der Waals surface area contributed by atoms with Gasteiger partial charge < -0.3 is 19.3 Å². The van der Waals surface area contributed by atoms with Gasteiger partial charge in [0.15, 0.2) is 17.3 Å². The number of hydrogen-bond donors (Lipinski definition) is 1. The Hall–Kier alpha value is -2.47. The fourth-order valence-electron chi connectivity index (χ4n) is 2.21. The van der Waals surface area contributed by atoms with Gasteiger partial charge >= 0.3 is 0 Å². The first-order valence-corrected chi connectivity index (χ1v) is 7.81. The monoisotopic (exact) mass is 392 g/mol. The molecule has 2 aromatic carbocycles. The highest BCUT2D eigenvalue weighted by Crippen LogP contribution is 2.40. The van der Waals surface area contributed by atoms with E-state index in [2.05, 4.69) is 15.9 Å². The molecule has 0 aliphatic carbocycles. The first-order chi connectivity index (χ1) is 11.5. The van der Waals surface area contributed by atoms with Crippen LogP contribution in [0.1, 0.15) is 15.9 Å². The zero-order valence-electron chi connectivity index (χ0n) is 13.5. The van der Waals surface area contributed by atoms with Crippen molar-refractivity contribution in [1.29, 1.82) is 0 Å². The molecule has 0 amide bonds. The number of phenols is 1. The Labute approximate surface area is 148 Å². The molecule has 0 saturated heterocycles. The highest BCUT2D eigenvalue weighted by molar-refractivity contribution is 9.10. The van der Waals surface area contributed by atoms with Gasteiger partial charge in [-0.05, 0) is 42.5 Å². The van der Waals surface area contributed by atoms with Crippen LogP contribution < -0.4 is 14.2 Å². The van der Waals surface area contributed by atoms with Crippen LogP contribution in [-0.4, -0.2) is 32.2 Å². The zero-order chi connectivity index (χ0) is 17.7. The summed E-state index contributed by atoms with van der Waals surface area (Å²) in [5.74, 6) is 0.919. The Morgan fingerprint density at radius 3 is 2.38 bits per heavy atom. The standard InChI is InChI=1S/C18H17BrO5/c1-22-16-9-6-13(17(23-2)18(16)24-3)15(21)7-4-11-10-12(19)5-8-14(11)20/h4-10,20H,1-3H3/b7-4+. The van der Waals surface area contributed by atoms with Crippen molar-refractivity contribution in [2.45, 2.75) is 0 Å². The van der Waals surface area contributed by atoms with Gasteiger partial charge in [-0.2, -0.15) is 0 Å². The number of rotatable bonds is 6. The van der Waals surface area contributed by atoms with Crippen molar-refractivity contribution in [2.24, 2.45) is 0 Å². The maximum atomic E-state index is 12.5. The molecule has 0 spiro atoms. The van der Waals surface area contributed by atoms with Gasteiger partial charge in [-0.15, -0.1) is 0 Å². The predicted octanol–water partition coefficient (Wildman–Crippen LogP) is 4.08. The van der Waals surface area contributed by atoms with Crippen LogP contribution in [0.5, 0.6) is 23.0 Å². The lowest BCUT2D eigenvalue weighted by molar-refractivity contribution is 0.104. The highest BCUT2D eigenvalue weighted by Gasteiger charge is 2.19. The van der Waals surface area contributed by atoms with Crippen molar-refractivity contribution in [3.05, 3.63) is 52.0 Å². The van der Waals surface area contributed by atoms with E-state index in [9.17, 15) is 9.90 Å². The molecular formula is C18H17BrO5. The molecule has 0 fully saturated rings. The van der Waals surface area contributed by atoms with Gasteiger partial charge in [-0.25, -0.2) is 0 Å². The molecule has 5 nitrogen and oxygen atoms in total. The van der Waals surface area contributed by atoms with Gasteiger partial charge in [0.05, 0.1) is 26.9 Å². The number of benzene rings is 2. The molecule has 0 radical (unpaired) electrons. The minimum Gasteiger partial charge on any atom is -0.507 e. The van der Waals surface area contributed by atoms with Crippen molar-refractivity contribution in [3.63, 3.8) is 0 Å². The van der Waals surface area contributed by atoms with Crippen LogP contribution in [0.4, 0.5) is 0 Å². The maximum Gasteiger partial charge on any atom is 0.204 e. The molecule has 1 N–H and O–H groups in total. The number of hydrogen-bond acceptors (Lipinski definition) is 5. The quantitative estimate of drug-likeness (QED) is 0.592. The highest BCUT2D eigenvalue weighted by atomic mass is 79.9. The van der Waals surface area contributed by atoms with E-state index >= 15 is 0 Å². The van der Waals surface area contributed by atoms with Crippen molar-refractivity contribution >= 4 is 27.8 Å². The second-order valence-corrected chi connectivity index (χ2v) is 5.70. The van der Waals surface area contributed by atoms with Crippen LogP contribution in [0.3, 0.4) is 0 Å². The van der Waals surface area contributed by atoms with E-state index in [1.807, 2.05) is 0 Å². The van der Waals surface area contributed by atoms with E-state index in [1.165, 1.54) is 27.4 Å². The third kappa shape index (κ3) is 3.71. The number of carbonyl (C=O) groups is 1. The van der Waals surface area contributed by atoms with Crippen molar-refractivity contribution < 1.29 is 24.1 Å². The second-order valence-electron chi connectivity index (χ2n) is 4.78. The molecule has 0 saturated carbocycles. The lowest BCUT2D eigenvalue weighted by Crippen LogP contribution is -2.02. The van der Waals surface area contributed by atoms with Gasteiger partial charge in [0.2, 0.25) is 5.75 Å². The van der Waals surface area contributed by atoms with Gasteiger partial charge in [-0.1, -0.05) is 15.9 Å². The molecule has 126 valence electrons. The molecule has 0 heterocycles. The minimum absolute atomic E-state index is 0.0847. The van der Waals surface area contributed by atoms with Crippen LogP contribution in [-0.2, 0) is 0 Å². The summed E-state index contributed by atoms with van der Waals surface area (Å²) in [7, 11) is 4.44. The normalized spacial score (nSPS) is 10.7. The van der Waals surface area contributed by atoms with E-state index in [0.29, 0.717) is 28.4 Å². The van der Waals surface area contributed by atoms with Gasteiger partial charge in [0.25, 0.3) is 0 Å². The average molecular weight is 393 g/mol. The lowest BCUT2D eigenvalue weighted by Gasteiger charge is -2.14. The molecule has 0 atom stereocenters. The first-order valence-electron chi connectivity index (χ1n) is 7.01. The molecule has 0 aliphatic heterocycles. The summed E-state index contributed by atoms with van der Waals surface area (Å²) in [5, 5.41) is 9.83.